The molecule has 0 aromatic carbocycles. The molecule has 6 nitrogen and oxygen atoms in total. The van der Waals surface area contributed by atoms with Gasteiger partial charge in [-0.05, 0) is 30.4 Å². The fourth-order valence-corrected chi connectivity index (χ4v) is 4.17. The minimum Gasteiger partial charge on any atom is -0.336 e. The zero-order valence-corrected chi connectivity index (χ0v) is 18.0. The van der Waals surface area contributed by atoms with Gasteiger partial charge in [-0.2, -0.15) is 5.10 Å². The highest BCUT2D eigenvalue weighted by Gasteiger charge is 2.24. The number of nitrogens with zero attached hydrogens (tertiary/aromatic N) is 4. The summed E-state index contributed by atoms with van der Waals surface area (Å²) in [5.74, 6) is 0.399. The molecule has 0 spiro atoms. The lowest BCUT2D eigenvalue weighted by Crippen LogP contribution is -2.50. The summed E-state index contributed by atoms with van der Waals surface area (Å²) in [6.45, 7) is 8.98. The minimum atomic E-state index is -0.0738. The Morgan fingerprint density at radius 1 is 1.25 bits per heavy atom. The molecule has 2 amide bonds. The normalized spacial score (nSPS) is 15.0. The fraction of sp³-hybridized carbons (Fsp3) is 0.450. The third kappa shape index (κ3) is 4.64. The second kappa shape index (κ2) is 8.92. The monoisotopic (exact) mass is 420 g/mol. The van der Waals surface area contributed by atoms with Gasteiger partial charge < -0.3 is 9.80 Å². The van der Waals surface area contributed by atoms with Crippen molar-refractivity contribution < 1.29 is 9.59 Å². The van der Waals surface area contributed by atoms with Crippen LogP contribution in [0.15, 0.2) is 23.6 Å². The van der Waals surface area contributed by atoms with Gasteiger partial charge in [0, 0.05) is 44.4 Å². The predicted octanol–water partition coefficient (Wildman–Crippen LogP) is 3.56. The molecule has 1 saturated heterocycles. The van der Waals surface area contributed by atoms with Gasteiger partial charge in [0.05, 0.1) is 10.6 Å². The molecule has 28 heavy (non-hydrogen) atoms. The van der Waals surface area contributed by atoms with Gasteiger partial charge in [0.25, 0.3) is 5.91 Å². The van der Waals surface area contributed by atoms with Crippen molar-refractivity contribution in [3.8, 4) is 0 Å². The number of carbonyl (C=O) groups excluding carboxylic acids is 2. The fourth-order valence-electron chi connectivity index (χ4n) is 3.17. The zero-order valence-electron chi connectivity index (χ0n) is 16.4. The maximum absolute atomic E-state index is 12.6. The summed E-state index contributed by atoms with van der Waals surface area (Å²) in [7, 11) is 0. The molecular formula is C20H25ClN4O2S. The number of amides is 2. The minimum absolute atomic E-state index is 0.0395. The quantitative estimate of drug-likeness (QED) is 0.695. The number of carbonyl (C=O) groups is 2. The third-order valence-electron chi connectivity index (χ3n) is 4.65. The van der Waals surface area contributed by atoms with E-state index in [4.69, 9.17) is 11.6 Å². The Kier molecular flexibility index (Phi) is 6.57. The predicted molar refractivity (Wildman–Crippen MR) is 113 cm³/mol. The molecule has 1 aliphatic rings. The van der Waals surface area contributed by atoms with Crippen LogP contribution in [0.25, 0.3) is 6.08 Å². The van der Waals surface area contributed by atoms with Crippen molar-refractivity contribution in [2.45, 2.75) is 27.3 Å². The van der Waals surface area contributed by atoms with Crippen LogP contribution in [0.4, 0.5) is 0 Å². The Morgan fingerprint density at radius 2 is 1.93 bits per heavy atom. The zero-order chi connectivity index (χ0) is 20.3. The first-order valence-electron chi connectivity index (χ1n) is 9.39. The van der Waals surface area contributed by atoms with Crippen molar-refractivity contribution in [3.63, 3.8) is 0 Å². The van der Waals surface area contributed by atoms with Gasteiger partial charge in [0.15, 0.2) is 0 Å². The summed E-state index contributed by atoms with van der Waals surface area (Å²) in [6.07, 6.45) is 3.29. The number of piperazine rings is 1. The number of aryl methyl sites for hydroxylation is 1. The first kappa shape index (κ1) is 20.6. The summed E-state index contributed by atoms with van der Waals surface area (Å²) in [5.41, 5.74) is 1.59. The van der Waals surface area contributed by atoms with Gasteiger partial charge in [0.2, 0.25) is 5.91 Å². The Morgan fingerprint density at radius 3 is 2.54 bits per heavy atom. The number of hydrogen-bond acceptors (Lipinski definition) is 4. The Hall–Kier alpha value is -2.12. The molecule has 0 N–H and O–H groups in total. The maximum Gasteiger partial charge on any atom is 0.264 e. The lowest BCUT2D eigenvalue weighted by atomic mass is 10.2. The molecule has 0 atom stereocenters. The second-order valence-electron chi connectivity index (χ2n) is 7.29. The molecule has 2 aromatic heterocycles. The van der Waals surface area contributed by atoms with E-state index < -0.39 is 0 Å². The number of halogens is 1. The van der Waals surface area contributed by atoms with Gasteiger partial charge >= 0.3 is 0 Å². The van der Waals surface area contributed by atoms with Crippen LogP contribution < -0.4 is 0 Å². The van der Waals surface area contributed by atoms with Crippen molar-refractivity contribution in [1.29, 1.82) is 0 Å². The number of hydrogen-bond donors (Lipinski definition) is 0. The number of aromatic nitrogens is 2. The van der Waals surface area contributed by atoms with Crippen molar-refractivity contribution >= 4 is 40.8 Å². The molecule has 8 heteroatoms. The first-order valence-corrected chi connectivity index (χ1v) is 10.6. The van der Waals surface area contributed by atoms with Crippen molar-refractivity contribution in [3.05, 3.63) is 44.9 Å². The topological polar surface area (TPSA) is 58.4 Å². The van der Waals surface area contributed by atoms with E-state index in [1.54, 1.807) is 26.6 Å². The summed E-state index contributed by atoms with van der Waals surface area (Å²) in [6, 6.07) is 3.71. The molecule has 3 rings (SSSR count). The summed E-state index contributed by atoms with van der Waals surface area (Å²) in [5, 5.41) is 6.91. The van der Waals surface area contributed by atoms with Crippen LogP contribution in [-0.4, -0.2) is 57.6 Å². The highest BCUT2D eigenvalue weighted by molar-refractivity contribution is 7.12. The van der Waals surface area contributed by atoms with Crippen LogP contribution in [0.5, 0.6) is 0 Å². The summed E-state index contributed by atoms with van der Waals surface area (Å²) >= 11 is 7.87. The van der Waals surface area contributed by atoms with E-state index in [-0.39, 0.29) is 11.8 Å². The van der Waals surface area contributed by atoms with Crippen LogP contribution in [0.2, 0.25) is 5.15 Å². The SMILES string of the molecule is Cc1nn(CC(C)C)c(Cl)c1/C=C/C(=O)N1CCN(C(=O)c2cccs2)CC1. The van der Waals surface area contributed by atoms with Crippen LogP contribution >= 0.6 is 22.9 Å². The van der Waals surface area contributed by atoms with E-state index >= 15 is 0 Å². The van der Waals surface area contributed by atoms with Crippen LogP contribution in [0.1, 0.15) is 34.8 Å². The average molecular weight is 421 g/mol. The average Bonchev–Trinajstić information content (AvgIpc) is 3.29. The van der Waals surface area contributed by atoms with Crippen molar-refractivity contribution in [1.82, 2.24) is 19.6 Å². The molecule has 0 radical (unpaired) electrons. The number of rotatable bonds is 5. The third-order valence-corrected chi connectivity index (χ3v) is 5.91. The molecule has 3 heterocycles. The van der Waals surface area contributed by atoms with E-state index in [1.807, 2.05) is 24.4 Å². The van der Waals surface area contributed by atoms with E-state index in [0.29, 0.717) is 37.3 Å². The second-order valence-corrected chi connectivity index (χ2v) is 8.60. The van der Waals surface area contributed by atoms with Crippen LogP contribution in [0.3, 0.4) is 0 Å². The van der Waals surface area contributed by atoms with Gasteiger partial charge in [-0.3, -0.25) is 14.3 Å². The molecule has 0 bridgehead atoms. The molecule has 1 aliphatic heterocycles. The first-order chi connectivity index (χ1) is 13.4. The Labute approximate surface area is 174 Å². The van der Waals surface area contributed by atoms with Gasteiger partial charge in [-0.25, -0.2) is 0 Å². The maximum atomic E-state index is 12.6. The summed E-state index contributed by atoms with van der Waals surface area (Å²) < 4.78 is 1.78. The Balaban J connectivity index is 1.59. The lowest BCUT2D eigenvalue weighted by Gasteiger charge is -2.34. The van der Waals surface area contributed by atoms with Crippen molar-refractivity contribution in [2.75, 3.05) is 26.2 Å². The lowest BCUT2D eigenvalue weighted by molar-refractivity contribution is -0.127. The van der Waals surface area contributed by atoms with E-state index in [2.05, 4.69) is 18.9 Å². The highest BCUT2D eigenvalue weighted by Crippen LogP contribution is 2.22. The van der Waals surface area contributed by atoms with Crippen molar-refractivity contribution in [2.24, 2.45) is 5.92 Å². The van der Waals surface area contributed by atoms with Gasteiger partial charge in [-0.15, -0.1) is 11.3 Å². The molecule has 2 aromatic rings. The standard InChI is InChI=1S/C20H25ClN4O2S/c1-14(2)13-25-19(21)16(15(3)22-25)6-7-18(26)23-8-10-24(11-9-23)20(27)17-5-4-12-28-17/h4-7,12,14H,8-11,13H2,1-3H3/b7-6+. The van der Waals surface area contributed by atoms with E-state index in [0.717, 1.165) is 22.7 Å². The number of thiophene rings is 1. The molecule has 1 fully saturated rings. The van der Waals surface area contributed by atoms with E-state index in [1.165, 1.54) is 11.3 Å². The largest absolute Gasteiger partial charge is 0.336 e. The highest BCUT2D eigenvalue weighted by atomic mass is 35.5. The van der Waals surface area contributed by atoms with E-state index in [9.17, 15) is 9.59 Å². The smallest absolute Gasteiger partial charge is 0.264 e. The van der Waals surface area contributed by atoms with Crippen LogP contribution in [0, 0.1) is 12.8 Å². The summed E-state index contributed by atoms with van der Waals surface area (Å²) in [4.78, 5) is 29.2. The van der Waals surface area contributed by atoms with Gasteiger partial charge in [0.1, 0.15) is 5.15 Å². The molecule has 0 unspecified atom stereocenters. The molecular weight excluding hydrogens is 396 g/mol. The van der Waals surface area contributed by atoms with Gasteiger partial charge in [-0.1, -0.05) is 31.5 Å². The van der Waals surface area contributed by atoms with Crippen LogP contribution in [-0.2, 0) is 11.3 Å². The molecule has 0 aliphatic carbocycles. The molecule has 0 saturated carbocycles. The molecule has 150 valence electrons. The Bertz CT molecular complexity index is 865.